The van der Waals surface area contributed by atoms with Crippen LogP contribution in [0.5, 0.6) is 0 Å². The Morgan fingerprint density at radius 3 is 1.23 bits per heavy atom. The van der Waals surface area contributed by atoms with E-state index in [4.69, 9.17) is 16.6 Å². The minimum Gasteiger partial charge on any atom is -0.208 e. The first kappa shape index (κ1) is 20.1. The van der Waals surface area contributed by atoms with Crippen LogP contribution in [0.3, 0.4) is 0 Å². The van der Waals surface area contributed by atoms with Crippen molar-refractivity contribution in [1.29, 1.82) is 0 Å². The van der Waals surface area contributed by atoms with E-state index in [0.29, 0.717) is 11.6 Å². The lowest BCUT2D eigenvalue weighted by Crippen LogP contribution is -1.99. The fourth-order valence-corrected chi connectivity index (χ4v) is 5.23. The van der Waals surface area contributed by atoms with Gasteiger partial charge >= 0.3 is 0 Å². The van der Waals surface area contributed by atoms with E-state index in [1.165, 1.54) is 10.8 Å². The third-order valence-electron chi connectivity index (χ3n) is 6.63. The van der Waals surface area contributed by atoms with Crippen molar-refractivity contribution in [3.63, 3.8) is 0 Å². The van der Waals surface area contributed by atoms with E-state index < -0.39 is 0 Å². The molecule has 0 unspecified atom stereocenters. The third-order valence-corrected chi connectivity index (χ3v) is 6.80. The van der Waals surface area contributed by atoms with Gasteiger partial charge in [-0.25, -0.2) is 4.98 Å². The fraction of sp³-hybridized carbons (Fsp3) is 0. The number of halogens is 1. The van der Waals surface area contributed by atoms with Crippen molar-refractivity contribution in [3.8, 4) is 22.8 Å². The largest absolute Gasteiger partial charge is 0.226 e. The third kappa shape index (κ3) is 3.24. The molecule has 6 aromatic carbocycles. The standard InChI is InChI=1S/C31H18ClN3/c32-31-34-29(27-17-19-9-1-3-11-21(19)23-13-5-7-15-25(23)27)33-30(35-31)28-18-20-10-2-4-12-22(20)24-14-6-8-16-26(24)28/h1-18H. The molecule has 164 valence electrons. The summed E-state index contributed by atoms with van der Waals surface area (Å²) in [5.41, 5.74) is 1.88. The summed E-state index contributed by atoms with van der Waals surface area (Å²) in [6.07, 6.45) is 0. The van der Waals surface area contributed by atoms with E-state index in [9.17, 15) is 0 Å². The van der Waals surface area contributed by atoms with E-state index in [1.807, 2.05) is 24.3 Å². The zero-order valence-electron chi connectivity index (χ0n) is 18.6. The topological polar surface area (TPSA) is 38.7 Å². The smallest absolute Gasteiger partial charge is 0.208 e. The van der Waals surface area contributed by atoms with E-state index in [-0.39, 0.29) is 5.28 Å². The first-order valence-electron chi connectivity index (χ1n) is 11.5. The van der Waals surface area contributed by atoms with Gasteiger partial charge in [0.15, 0.2) is 11.6 Å². The lowest BCUT2D eigenvalue weighted by molar-refractivity contribution is 1.07. The van der Waals surface area contributed by atoms with Crippen molar-refractivity contribution in [2.24, 2.45) is 0 Å². The van der Waals surface area contributed by atoms with Gasteiger partial charge in [0, 0.05) is 11.1 Å². The monoisotopic (exact) mass is 467 g/mol. The molecule has 0 amide bonds. The summed E-state index contributed by atoms with van der Waals surface area (Å²) in [5.74, 6) is 1.14. The summed E-state index contributed by atoms with van der Waals surface area (Å²) >= 11 is 6.53. The highest BCUT2D eigenvalue weighted by Gasteiger charge is 2.16. The number of rotatable bonds is 2. The lowest BCUT2D eigenvalue weighted by Gasteiger charge is -2.13. The van der Waals surface area contributed by atoms with Crippen LogP contribution in [0, 0.1) is 0 Å². The van der Waals surface area contributed by atoms with Crippen LogP contribution in [0.4, 0.5) is 0 Å². The lowest BCUT2D eigenvalue weighted by atomic mass is 9.96. The molecule has 0 atom stereocenters. The van der Waals surface area contributed by atoms with Gasteiger partial charge in [-0.2, -0.15) is 9.97 Å². The highest BCUT2D eigenvalue weighted by atomic mass is 35.5. The first-order chi connectivity index (χ1) is 17.3. The molecule has 35 heavy (non-hydrogen) atoms. The molecule has 0 aliphatic rings. The fourth-order valence-electron chi connectivity index (χ4n) is 5.07. The van der Waals surface area contributed by atoms with Gasteiger partial charge in [-0.15, -0.1) is 0 Å². The Hall–Kier alpha value is -4.34. The van der Waals surface area contributed by atoms with E-state index >= 15 is 0 Å². The quantitative estimate of drug-likeness (QED) is 0.239. The molecule has 4 heteroatoms. The number of fused-ring (bicyclic) bond motifs is 6. The Morgan fingerprint density at radius 1 is 0.400 bits per heavy atom. The molecule has 1 heterocycles. The molecule has 0 fully saturated rings. The molecule has 0 aliphatic carbocycles. The van der Waals surface area contributed by atoms with Crippen LogP contribution in [-0.4, -0.2) is 15.0 Å². The second kappa shape index (κ2) is 7.86. The zero-order valence-corrected chi connectivity index (χ0v) is 19.4. The van der Waals surface area contributed by atoms with Gasteiger partial charge in [0.05, 0.1) is 0 Å². The first-order valence-corrected chi connectivity index (χ1v) is 11.9. The van der Waals surface area contributed by atoms with Crippen molar-refractivity contribution in [3.05, 3.63) is 114 Å². The molecule has 0 spiro atoms. The average molecular weight is 468 g/mol. The zero-order chi connectivity index (χ0) is 23.4. The van der Waals surface area contributed by atoms with Crippen LogP contribution in [0.25, 0.3) is 65.9 Å². The number of hydrogen-bond donors (Lipinski definition) is 0. The van der Waals surface area contributed by atoms with Gasteiger partial charge in [-0.1, -0.05) is 97.1 Å². The van der Waals surface area contributed by atoms with Crippen LogP contribution in [0.2, 0.25) is 5.28 Å². The second-order valence-corrected chi connectivity index (χ2v) is 8.97. The van der Waals surface area contributed by atoms with Crippen molar-refractivity contribution in [1.82, 2.24) is 15.0 Å². The summed E-state index contributed by atoms with van der Waals surface area (Å²) in [4.78, 5) is 14.1. The highest BCUT2D eigenvalue weighted by molar-refractivity contribution is 6.28. The average Bonchev–Trinajstić information content (AvgIpc) is 2.92. The molecule has 1 aromatic heterocycles. The molecule has 0 saturated heterocycles. The maximum atomic E-state index is 6.53. The molecule has 7 rings (SSSR count). The maximum absolute atomic E-state index is 6.53. The molecule has 0 N–H and O–H groups in total. The van der Waals surface area contributed by atoms with Crippen molar-refractivity contribution < 1.29 is 0 Å². The summed E-state index contributed by atoms with van der Waals surface area (Å²) in [5, 5.41) is 9.35. The molecule has 0 saturated carbocycles. The molecular weight excluding hydrogens is 450 g/mol. The van der Waals surface area contributed by atoms with Gasteiger partial charge in [-0.3, -0.25) is 0 Å². The summed E-state index contributed by atoms with van der Waals surface area (Å²) in [6, 6.07) is 37.8. The van der Waals surface area contributed by atoms with Crippen molar-refractivity contribution >= 4 is 54.7 Å². The Labute approximate surface area is 206 Å². The van der Waals surface area contributed by atoms with Crippen LogP contribution in [-0.2, 0) is 0 Å². The normalized spacial score (nSPS) is 11.6. The van der Waals surface area contributed by atoms with Gasteiger partial charge in [0.1, 0.15) is 0 Å². The predicted molar refractivity (Wildman–Crippen MR) is 146 cm³/mol. The van der Waals surface area contributed by atoms with E-state index in [2.05, 4.69) is 94.9 Å². The van der Waals surface area contributed by atoms with Crippen LogP contribution in [0.15, 0.2) is 109 Å². The number of hydrogen-bond acceptors (Lipinski definition) is 3. The molecular formula is C31H18ClN3. The Kier molecular flexibility index (Phi) is 4.51. The summed E-state index contributed by atoms with van der Waals surface area (Å²) in [7, 11) is 0. The van der Waals surface area contributed by atoms with Gasteiger partial charge in [0.25, 0.3) is 0 Å². The summed E-state index contributed by atoms with van der Waals surface area (Å²) in [6.45, 7) is 0. The van der Waals surface area contributed by atoms with Crippen LogP contribution >= 0.6 is 11.6 Å². The van der Waals surface area contributed by atoms with E-state index in [0.717, 1.165) is 43.4 Å². The molecule has 0 bridgehead atoms. The maximum Gasteiger partial charge on any atom is 0.226 e. The van der Waals surface area contributed by atoms with Crippen molar-refractivity contribution in [2.75, 3.05) is 0 Å². The highest BCUT2D eigenvalue weighted by Crippen LogP contribution is 2.37. The minimum atomic E-state index is 0.180. The molecule has 0 aliphatic heterocycles. The molecule has 0 radical (unpaired) electrons. The van der Waals surface area contributed by atoms with E-state index in [1.54, 1.807) is 0 Å². The summed E-state index contributed by atoms with van der Waals surface area (Å²) < 4.78 is 0. The second-order valence-electron chi connectivity index (χ2n) is 8.63. The Bertz CT molecular complexity index is 1790. The molecule has 7 aromatic rings. The van der Waals surface area contributed by atoms with Crippen LogP contribution in [0.1, 0.15) is 0 Å². The SMILES string of the molecule is Clc1nc(-c2cc3ccccc3c3ccccc23)nc(-c2cc3ccccc3c3ccccc23)n1. The molecule has 3 nitrogen and oxygen atoms in total. The van der Waals surface area contributed by atoms with Crippen LogP contribution < -0.4 is 0 Å². The Balaban J connectivity index is 1.54. The number of aromatic nitrogens is 3. The predicted octanol–water partition coefficient (Wildman–Crippen LogP) is 8.47. The number of benzene rings is 6. The minimum absolute atomic E-state index is 0.180. The van der Waals surface area contributed by atoms with Gasteiger partial charge < -0.3 is 0 Å². The van der Waals surface area contributed by atoms with Gasteiger partial charge in [0.2, 0.25) is 5.28 Å². The van der Waals surface area contributed by atoms with Gasteiger partial charge in [-0.05, 0) is 66.8 Å². The van der Waals surface area contributed by atoms with Crippen molar-refractivity contribution in [2.45, 2.75) is 0 Å². The number of nitrogens with zero attached hydrogens (tertiary/aromatic N) is 3. The Morgan fingerprint density at radius 2 is 0.771 bits per heavy atom.